The molecule has 0 amide bonds. The van der Waals surface area contributed by atoms with Gasteiger partial charge in [-0.25, -0.2) is 4.79 Å². The van der Waals surface area contributed by atoms with E-state index in [4.69, 9.17) is 4.74 Å². The molecule has 0 aromatic heterocycles. The number of aliphatic hydroxyl groups excluding tert-OH is 1. The van der Waals surface area contributed by atoms with Crippen LogP contribution < -0.4 is 4.74 Å². The van der Waals surface area contributed by atoms with Gasteiger partial charge >= 0.3 is 5.97 Å². The van der Waals surface area contributed by atoms with E-state index in [-0.39, 0.29) is 12.6 Å². The molecule has 2 aromatic carbocycles. The number of rotatable bonds is 8. The van der Waals surface area contributed by atoms with Crippen molar-refractivity contribution in [1.82, 2.24) is 4.90 Å². The fraction of sp³-hybridized carbons (Fsp3) is 0.435. The second-order valence-electron chi connectivity index (χ2n) is 7.41. The molecule has 3 rings (SSSR count). The van der Waals surface area contributed by atoms with Gasteiger partial charge in [0.2, 0.25) is 0 Å². The minimum absolute atomic E-state index is 0.238. The predicted molar refractivity (Wildman–Crippen MR) is 109 cm³/mol. The highest BCUT2D eigenvalue weighted by Gasteiger charge is 2.21. The first kappa shape index (κ1) is 20.4. The van der Waals surface area contributed by atoms with Crippen molar-refractivity contribution in [2.45, 2.75) is 25.4 Å². The Labute approximate surface area is 166 Å². The number of esters is 1. The van der Waals surface area contributed by atoms with Gasteiger partial charge in [-0.3, -0.25) is 0 Å². The summed E-state index contributed by atoms with van der Waals surface area (Å²) in [5, 5.41) is 10.3. The lowest BCUT2D eigenvalue weighted by molar-refractivity contribution is 0.0549. The molecular weight excluding hydrogens is 354 g/mol. The first-order valence-electron chi connectivity index (χ1n) is 9.89. The molecule has 1 aliphatic heterocycles. The van der Waals surface area contributed by atoms with Crippen LogP contribution >= 0.6 is 0 Å². The lowest BCUT2D eigenvalue weighted by atomic mass is 9.90. The molecule has 5 nitrogen and oxygen atoms in total. The maximum atomic E-state index is 11.4. The monoisotopic (exact) mass is 383 g/mol. The molecule has 0 aliphatic carbocycles. The number of hydrogen-bond donors (Lipinski definition) is 1. The predicted octanol–water partition coefficient (Wildman–Crippen LogP) is 3.17. The van der Waals surface area contributed by atoms with Crippen molar-refractivity contribution in [3.8, 4) is 5.75 Å². The van der Waals surface area contributed by atoms with Gasteiger partial charge in [-0.1, -0.05) is 30.3 Å². The second-order valence-corrected chi connectivity index (χ2v) is 7.41. The number of aliphatic hydroxyl groups is 1. The summed E-state index contributed by atoms with van der Waals surface area (Å²) in [5.74, 6) is 0.982. The van der Waals surface area contributed by atoms with Crippen LogP contribution in [0, 0.1) is 5.92 Å². The van der Waals surface area contributed by atoms with Gasteiger partial charge in [0.05, 0.1) is 12.7 Å². The highest BCUT2D eigenvalue weighted by atomic mass is 16.5. The number of nitrogens with zero attached hydrogens (tertiary/aromatic N) is 1. The minimum Gasteiger partial charge on any atom is -0.491 e. The van der Waals surface area contributed by atoms with E-state index in [1.54, 1.807) is 24.3 Å². The highest BCUT2D eigenvalue weighted by molar-refractivity contribution is 5.89. The summed E-state index contributed by atoms with van der Waals surface area (Å²) in [6, 6.07) is 17.4. The Hall–Kier alpha value is -2.37. The van der Waals surface area contributed by atoms with Crippen molar-refractivity contribution in [2.24, 2.45) is 5.92 Å². The standard InChI is InChI=1S/C23H29NO4/c1-27-23(26)20-7-9-22(10-8-20)28-17-21(25)16-24-13-11-19(12-14-24)15-18-5-3-2-4-6-18/h2-10,19,21,25H,11-17H2,1H3. The summed E-state index contributed by atoms with van der Waals surface area (Å²) in [6.07, 6.45) is 2.93. The van der Waals surface area contributed by atoms with E-state index in [0.29, 0.717) is 17.9 Å². The Morgan fingerprint density at radius 1 is 1.11 bits per heavy atom. The molecule has 28 heavy (non-hydrogen) atoms. The van der Waals surface area contributed by atoms with E-state index >= 15 is 0 Å². The van der Waals surface area contributed by atoms with E-state index in [9.17, 15) is 9.90 Å². The maximum Gasteiger partial charge on any atom is 0.337 e. The highest BCUT2D eigenvalue weighted by Crippen LogP contribution is 2.22. The van der Waals surface area contributed by atoms with Gasteiger partial charge in [-0.2, -0.15) is 0 Å². The molecule has 5 heteroatoms. The van der Waals surface area contributed by atoms with Crippen LogP contribution in [0.3, 0.4) is 0 Å². The second kappa shape index (κ2) is 10.2. The van der Waals surface area contributed by atoms with Gasteiger partial charge in [-0.15, -0.1) is 0 Å². The molecule has 150 valence electrons. The lowest BCUT2D eigenvalue weighted by Crippen LogP contribution is -2.41. The molecule has 1 saturated heterocycles. The van der Waals surface area contributed by atoms with Crippen LogP contribution in [0.2, 0.25) is 0 Å². The molecule has 1 atom stereocenters. The van der Waals surface area contributed by atoms with Crippen molar-refractivity contribution in [2.75, 3.05) is 33.4 Å². The van der Waals surface area contributed by atoms with Crippen molar-refractivity contribution in [3.63, 3.8) is 0 Å². The summed E-state index contributed by atoms with van der Waals surface area (Å²) in [5.41, 5.74) is 1.89. The van der Waals surface area contributed by atoms with Gasteiger partial charge in [0.15, 0.2) is 0 Å². The van der Waals surface area contributed by atoms with Gasteiger partial charge in [0, 0.05) is 6.54 Å². The van der Waals surface area contributed by atoms with Gasteiger partial charge < -0.3 is 19.5 Å². The van der Waals surface area contributed by atoms with E-state index in [2.05, 4.69) is 40.0 Å². The third-order valence-electron chi connectivity index (χ3n) is 5.26. The number of carbonyl (C=O) groups is 1. The lowest BCUT2D eigenvalue weighted by Gasteiger charge is -2.33. The normalized spacial score (nSPS) is 16.5. The summed E-state index contributed by atoms with van der Waals surface area (Å²) >= 11 is 0. The molecular formula is C23H29NO4. The van der Waals surface area contributed by atoms with Crippen LogP contribution in [-0.2, 0) is 11.2 Å². The molecule has 1 fully saturated rings. The molecule has 1 heterocycles. The zero-order valence-electron chi connectivity index (χ0n) is 16.4. The molecule has 2 aromatic rings. The number of ether oxygens (including phenoxy) is 2. The average Bonchev–Trinajstić information content (AvgIpc) is 2.74. The van der Waals surface area contributed by atoms with Crippen LogP contribution in [0.25, 0.3) is 0 Å². The van der Waals surface area contributed by atoms with Crippen LogP contribution in [0.4, 0.5) is 0 Å². The third kappa shape index (κ3) is 6.08. The van der Waals surface area contributed by atoms with Crippen LogP contribution in [0.5, 0.6) is 5.75 Å². The van der Waals surface area contributed by atoms with Gasteiger partial charge in [0.25, 0.3) is 0 Å². The number of benzene rings is 2. The van der Waals surface area contributed by atoms with Gasteiger partial charge in [0.1, 0.15) is 18.5 Å². The SMILES string of the molecule is COC(=O)c1ccc(OCC(O)CN2CCC(Cc3ccccc3)CC2)cc1. The molecule has 0 saturated carbocycles. The van der Waals surface area contributed by atoms with E-state index in [1.165, 1.54) is 12.7 Å². The zero-order chi connectivity index (χ0) is 19.8. The van der Waals surface area contributed by atoms with Crippen molar-refractivity contribution < 1.29 is 19.4 Å². The number of carbonyl (C=O) groups excluding carboxylic acids is 1. The summed E-state index contributed by atoms with van der Waals surface area (Å²) in [6.45, 7) is 2.89. The number of methoxy groups -OCH3 is 1. The molecule has 1 unspecified atom stereocenters. The molecule has 1 aliphatic rings. The largest absolute Gasteiger partial charge is 0.491 e. The van der Waals surface area contributed by atoms with Crippen molar-refractivity contribution in [1.29, 1.82) is 0 Å². The number of β-amino-alcohol motifs (C(OH)–C–C–N with tert-alkyl or cyclic N) is 1. The topological polar surface area (TPSA) is 59.0 Å². The van der Waals surface area contributed by atoms with Crippen LogP contribution in [-0.4, -0.2) is 55.4 Å². The van der Waals surface area contributed by atoms with Crippen molar-refractivity contribution >= 4 is 5.97 Å². The average molecular weight is 383 g/mol. The Morgan fingerprint density at radius 3 is 2.43 bits per heavy atom. The van der Waals surface area contributed by atoms with E-state index in [0.717, 1.165) is 38.3 Å². The summed E-state index contributed by atoms with van der Waals surface area (Å²) in [4.78, 5) is 13.7. The number of likely N-dealkylation sites (tertiary alicyclic amines) is 1. The molecule has 1 N–H and O–H groups in total. The molecule has 0 spiro atoms. The third-order valence-corrected chi connectivity index (χ3v) is 5.26. The fourth-order valence-electron chi connectivity index (χ4n) is 3.67. The maximum absolute atomic E-state index is 11.4. The Bertz CT molecular complexity index is 724. The Balaban J connectivity index is 1.36. The Morgan fingerprint density at radius 2 is 1.79 bits per heavy atom. The molecule has 0 radical (unpaired) electrons. The van der Waals surface area contributed by atoms with Crippen LogP contribution in [0.1, 0.15) is 28.8 Å². The van der Waals surface area contributed by atoms with Crippen molar-refractivity contribution in [3.05, 3.63) is 65.7 Å². The Kier molecular flexibility index (Phi) is 7.46. The summed E-state index contributed by atoms with van der Waals surface area (Å²) in [7, 11) is 1.35. The fourth-order valence-corrected chi connectivity index (χ4v) is 3.67. The van der Waals surface area contributed by atoms with E-state index < -0.39 is 6.10 Å². The first-order valence-corrected chi connectivity index (χ1v) is 9.89. The zero-order valence-corrected chi connectivity index (χ0v) is 16.4. The smallest absolute Gasteiger partial charge is 0.337 e. The molecule has 0 bridgehead atoms. The number of hydrogen-bond acceptors (Lipinski definition) is 5. The summed E-state index contributed by atoms with van der Waals surface area (Å²) < 4.78 is 10.3. The number of piperidine rings is 1. The minimum atomic E-state index is -0.536. The first-order chi connectivity index (χ1) is 13.6. The van der Waals surface area contributed by atoms with Gasteiger partial charge in [-0.05, 0) is 68.1 Å². The van der Waals surface area contributed by atoms with Crippen LogP contribution in [0.15, 0.2) is 54.6 Å². The van der Waals surface area contributed by atoms with E-state index in [1.807, 2.05) is 0 Å². The quantitative estimate of drug-likeness (QED) is 0.710.